The Morgan fingerprint density at radius 2 is 2.17 bits per heavy atom. The molecule has 0 saturated heterocycles. The van der Waals surface area contributed by atoms with Gasteiger partial charge < -0.3 is 5.73 Å². The van der Waals surface area contributed by atoms with E-state index in [0.29, 0.717) is 16.3 Å². The van der Waals surface area contributed by atoms with E-state index >= 15 is 0 Å². The van der Waals surface area contributed by atoms with Crippen LogP contribution in [-0.2, 0) is 0 Å². The molecule has 12 heavy (non-hydrogen) atoms. The van der Waals surface area contributed by atoms with Gasteiger partial charge in [0.2, 0.25) is 0 Å². The fourth-order valence-corrected chi connectivity index (χ4v) is 1.09. The van der Waals surface area contributed by atoms with Crippen LogP contribution in [0.25, 0.3) is 5.70 Å². The third-order valence-corrected chi connectivity index (χ3v) is 1.73. The van der Waals surface area contributed by atoms with Gasteiger partial charge >= 0.3 is 0 Å². The standard InChI is InChI=1S/C9H7ClN2/c10-8-4-2-1-3-7(8)9(12)5-6-11/h1-5H,12H2/b9-5+. The van der Waals surface area contributed by atoms with Crippen molar-refractivity contribution in [2.75, 3.05) is 0 Å². The zero-order valence-electron chi connectivity index (χ0n) is 6.29. The van der Waals surface area contributed by atoms with Crippen molar-refractivity contribution < 1.29 is 0 Å². The SMILES string of the molecule is N#C/C=C(/N)c1ccccc1Cl. The number of halogens is 1. The summed E-state index contributed by atoms with van der Waals surface area (Å²) in [7, 11) is 0. The quantitative estimate of drug-likeness (QED) is 0.670. The van der Waals surface area contributed by atoms with Crippen LogP contribution in [0.1, 0.15) is 5.56 Å². The summed E-state index contributed by atoms with van der Waals surface area (Å²) in [6.07, 6.45) is 1.27. The molecule has 0 spiro atoms. The third kappa shape index (κ3) is 1.77. The molecule has 0 amide bonds. The molecule has 0 aromatic heterocycles. The zero-order chi connectivity index (χ0) is 8.97. The van der Waals surface area contributed by atoms with Crippen LogP contribution < -0.4 is 5.73 Å². The van der Waals surface area contributed by atoms with Gasteiger partial charge in [-0.1, -0.05) is 29.8 Å². The Kier molecular flexibility index (Phi) is 2.73. The van der Waals surface area contributed by atoms with Crippen LogP contribution in [0, 0.1) is 11.3 Å². The molecule has 0 aliphatic carbocycles. The van der Waals surface area contributed by atoms with Gasteiger partial charge in [-0.3, -0.25) is 0 Å². The van der Waals surface area contributed by atoms with E-state index in [4.69, 9.17) is 22.6 Å². The van der Waals surface area contributed by atoms with Crippen molar-refractivity contribution in [1.82, 2.24) is 0 Å². The summed E-state index contributed by atoms with van der Waals surface area (Å²) in [4.78, 5) is 0. The van der Waals surface area contributed by atoms with Crippen molar-refractivity contribution in [3.05, 3.63) is 40.9 Å². The normalized spacial score (nSPS) is 10.8. The molecule has 1 aromatic rings. The van der Waals surface area contributed by atoms with Gasteiger partial charge in [0.15, 0.2) is 0 Å². The summed E-state index contributed by atoms with van der Waals surface area (Å²) in [5.74, 6) is 0. The number of hydrogen-bond acceptors (Lipinski definition) is 2. The second-order valence-corrected chi connectivity index (χ2v) is 2.62. The molecule has 2 N–H and O–H groups in total. The number of allylic oxidation sites excluding steroid dienone is 1. The van der Waals surface area contributed by atoms with Crippen LogP contribution in [-0.4, -0.2) is 0 Å². The molecule has 2 nitrogen and oxygen atoms in total. The maximum Gasteiger partial charge on any atom is 0.0933 e. The molecule has 1 rings (SSSR count). The average Bonchev–Trinajstić information content (AvgIpc) is 2.05. The molecule has 0 unspecified atom stereocenters. The molecule has 0 aliphatic heterocycles. The highest BCUT2D eigenvalue weighted by atomic mass is 35.5. The van der Waals surface area contributed by atoms with Gasteiger partial charge in [0, 0.05) is 16.7 Å². The van der Waals surface area contributed by atoms with E-state index in [9.17, 15) is 0 Å². The molecule has 0 atom stereocenters. The van der Waals surface area contributed by atoms with Crippen LogP contribution in [0.4, 0.5) is 0 Å². The zero-order valence-corrected chi connectivity index (χ0v) is 7.05. The van der Waals surface area contributed by atoms with Crippen LogP contribution in [0.3, 0.4) is 0 Å². The number of nitrogens with zero attached hydrogens (tertiary/aromatic N) is 1. The summed E-state index contributed by atoms with van der Waals surface area (Å²) in [5, 5.41) is 8.90. The van der Waals surface area contributed by atoms with E-state index in [2.05, 4.69) is 0 Å². The minimum absolute atomic E-state index is 0.392. The lowest BCUT2D eigenvalue weighted by Gasteiger charge is -2.01. The fraction of sp³-hybridized carbons (Fsp3) is 0. The second kappa shape index (κ2) is 3.80. The summed E-state index contributed by atoms with van der Waals surface area (Å²) in [6, 6.07) is 8.98. The van der Waals surface area contributed by atoms with E-state index in [1.807, 2.05) is 18.2 Å². The van der Waals surface area contributed by atoms with E-state index in [1.165, 1.54) is 6.08 Å². The number of hydrogen-bond donors (Lipinski definition) is 1. The maximum atomic E-state index is 8.34. The van der Waals surface area contributed by atoms with Gasteiger partial charge in [0.25, 0.3) is 0 Å². The molecule has 0 fully saturated rings. The number of benzene rings is 1. The molecule has 0 bridgehead atoms. The predicted molar refractivity (Wildman–Crippen MR) is 49.2 cm³/mol. The third-order valence-electron chi connectivity index (χ3n) is 1.40. The van der Waals surface area contributed by atoms with Gasteiger partial charge in [-0.25, -0.2) is 0 Å². The first-order valence-corrected chi connectivity index (χ1v) is 3.73. The first-order valence-electron chi connectivity index (χ1n) is 3.36. The molecule has 0 saturated carbocycles. The largest absolute Gasteiger partial charge is 0.398 e. The van der Waals surface area contributed by atoms with E-state index < -0.39 is 0 Å². The molecule has 3 heteroatoms. The molecule has 60 valence electrons. The Balaban J connectivity index is 3.13. The minimum atomic E-state index is 0.392. The van der Waals surface area contributed by atoms with Crippen LogP contribution >= 0.6 is 11.6 Å². The van der Waals surface area contributed by atoms with E-state index in [-0.39, 0.29) is 0 Å². The van der Waals surface area contributed by atoms with Crippen molar-refractivity contribution >= 4 is 17.3 Å². The Labute approximate surface area is 75.9 Å². The van der Waals surface area contributed by atoms with E-state index in [0.717, 1.165) is 0 Å². The fourth-order valence-electron chi connectivity index (χ4n) is 0.843. The smallest absolute Gasteiger partial charge is 0.0933 e. The van der Waals surface area contributed by atoms with Gasteiger partial charge in [0.1, 0.15) is 0 Å². The van der Waals surface area contributed by atoms with Crippen molar-refractivity contribution in [3.8, 4) is 6.07 Å². The highest BCUT2D eigenvalue weighted by Gasteiger charge is 1.99. The predicted octanol–water partition coefficient (Wildman–Crippen LogP) is 2.16. The van der Waals surface area contributed by atoms with Gasteiger partial charge in [-0.2, -0.15) is 5.26 Å². The Hall–Kier alpha value is -1.46. The van der Waals surface area contributed by atoms with Crippen LogP contribution in [0.2, 0.25) is 5.02 Å². The van der Waals surface area contributed by atoms with Gasteiger partial charge in [-0.15, -0.1) is 0 Å². The average molecular weight is 179 g/mol. The molecule has 1 aromatic carbocycles. The van der Waals surface area contributed by atoms with Crippen molar-refractivity contribution in [2.45, 2.75) is 0 Å². The van der Waals surface area contributed by atoms with Crippen molar-refractivity contribution in [2.24, 2.45) is 5.73 Å². The first kappa shape index (κ1) is 8.63. The summed E-state index contributed by atoms with van der Waals surface area (Å²) in [6.45, 7) is 0. The lowest BCUT2D eigenvalue weighted by Crippen LogP contribution is -1.95. The molecule has 0 radical (unpaired) electrons. The van der Waals surface area contributed by atoms with Crippen LogP contribution in [0.15, 0.2) is 30.3 Å². The Morgan fingerprint density at radius 1 is 1.50 bits per heavy atom. The molecule has 0 aliphatic rings. The maximum absolute atomic E-state index is 8.34. The molecular formula is C9H7ClN2. The second-order valence-electron chi connectivity index (χ2n) is 2.21. The Morgan fingerprint density at radius 3 is 2.75 bits per heavy atom. The highest BCUT2D eigenvalue weighted by Crippen LogP contribution is 2.19. The monoisotopic (exact) mass is 178 g/mol. The lowest BCUT2D eigenvalue weighted by atomic mass is 10.1. The molecule has 0 heterocycles. The lowest BCUT2D eigenvalue weighted by molar-refractivity contribution is 1.49. The van der Waals surface area contributed by atoms with Crippen LogP contribution in [0.5, 0.6) is 0 Å². The van der Waals surface area contributed by atoms with Gasteiger partial charge in [-0.05, 0) is 6.07 Å². The highest BCUT2D eigenvalue weighted by molar-refractivity contribution is 6.32. The van der Waals surface area contributed by atoms with Gasteiger partial charge in [0.05, 0.1) is 11.8 Å². The summed E-state index contributed by atoms with van der Waals surface area (Å²) in [5.41, 5.74) is 6.65. The number of nitrogens with two attached hydrogens (primary N) is 1. The Bertz CT molecular complexity index is 350. The topological polar surface area (TPSA) is 49.8 Å². The number of nitriles is 1. The molecular weight excluding hydrogens is 172 g/mol. The summed E-state index contributed by atoms with van der Waals surface area (Å²) >= 11 is 5.82. The minimum Gasteiger partial charge on any atom is -0.398 e. The first-order chi connectivity index (χ1) is 5.75. The van der Waals surface area contributed by atoms with E-state index in [1.54, 1.807) is 12.1 Å². The van der Waals surface area contributed by atoms with Crippen molar-refractivity contribution in [3.63, 3.8) is 0 Å². The van der Waals surface area contributed by atoms with Crippen molar-refractivity contribution in [1.29, 1.82) is 5.26 Å². The summed E-state index contributed by atoms with van der Waals surface area (Å²) < 4.78 is 0. The number of rotatable bonds is 1.